The molecule has 38 heavy (non-hydrogen) atoms. The van der Waals surface area contributed by atoms with Crippen LogP contribution < -0.4 is 10.5 Å². The largest absolute Gasteiger partial charge is 0.489 e. The van der Waals surface area contributed by atoms with Crippen molar-refractivity contribution in [3.63, 3.8) is 0 Å². The highest BCUT2D eigenvalue weighted by Gasteiger charge is 2.38. The van der Waals surface area contributed by atoms with Crippen molar-refractivity contribution in [3.05, 3.63) is 94.3 Å². The van der Waals surface area contributed by atoms with Crippen molar-refractivity contribution in [2.24, 2.45) is 5.73 Å². The summed E-state index contributed by atoms with van der Waals surface area (Å²) in [6.45, 7) is 5.45. The fourth-order valence-electron chi connectivity index (χ4n) is 3.87. The molecule has 1 aromatic heterocycles. The van der Waals surface area contributed by atoms with Crippen LogP contribution in [-0.4, -0.2) is 41.8 Å². The second-order valence-electron chi connectivity index (χ2n) is 8.71. The van der Waals surface area contributed by atoms with Gasteiger partial charge in [-0.3, -0.25) is 4.79 Å². The topological polar surface area (TPSA) is 86.9 Å². The summed E-state index contributed by atoms with van der Waals surface area (Å²) >= 11 is 5.95. The number of carbonyl (C=O) groups is 1. The molecular formula is C28H32ClF2N3O4. The van der Waals surface area contributed by atoms with E-state index in [0.29, 0.717) is 13.2 Å². The van der Waals surface area contributed by atoms with Gasteiger partial charge in [0.2, 0.25) is 5.91 Å². The zero-order chi connectivity index (χ0) is 27.7. The molecule has 0 aliphatic carbocycles. The van der Waals surface area contributed by atoms with E-state index in [-0.39, 0.29) is 41.9 Å². The summed E-state index contributed by atoms with van der Waals surface area (Å²) in [5, 5.41) is 0.0626. The first-order valence-electron chi connectivity index (χ1n) is 12.2. The van der Waals surface area contributed by atoms with Gasteiger partial charge in [-0.2, -0.15) is 0 Å². The maximum Gasteiger partial charge on any atom is 0.247 e. The van der Waals surface area contributed by atoms with Crippen LogP contribution in [0.15, 0.2) is 60.7 Å². The van der Waals surface area contributed by atoms with E-state index < -0.39 is 29.4 Å². The maximum absolute atomic E-state index is 15.3. The number of hydrogen-bond donors (Lipinski definition) is 1. The van der Waals surface area contributed by atoms with Crippen molar-refractivity contribution in [2.75, 3.05) is 19.8 Å². The van der Waals surface area contributed by atoms with Gasteiger partial charge in [-0.1, -0.05) is 48.0 Å². The Kier molecular flexibility index (Phi) is 10.6. The molecule has 0 unspecified atom stereocenters. The number of pyridine rings is 1. The summed E-state index contributed by atoms with van der Waals surface area (Å²) in [6, 6.07) is 16.0. The second kappa shape index (κ2) is 13.6. The van der Waals surface area contributed by atoms with E-state index in [2.05, 4.69) is 4.98 Å². The first-order chi connectivity index (χ1) is 18.1. The number of hydrogen-bond acceptors (Lipinski definition) is 6. The van der Waals surface area contributed by atoms with Crippen LogP contribution in [0.5, 0.6) is 5.75 Å². The van der Waals surface area contributed by atoms with E-state index in [1.165, 1.54) is 30.0 Å². The molecule has 204 valence electrons. The molecule has 0 saturated carbocycles. The van der Waals surface area contributed by atoms with Crippen LogP contribution in [0.1, 0.15) is 37.6 Å². The Labute approximate surface area is 226 Å². The Morgan fingerprint density at radius 1 is 1.05 bits per heavy atom. The minimum absolute atomic E-state index is 0.0524. The molecule has 0 radical (unpaired) electrons. The third-order valence-electron chi connectivity index (χ3n) is 5.78. The molecule has 1 atom stereocenters. The number of nitrogens with zero attached hydrogens (tertiary/aromatic N) is 2. The minimum atomic E-state index is -1.82. The Hall–Kier alpha value is -3.11. The van der Waals surface area contributed by atoms with Gasteiger partial charge >= 0.3 is 0 Å². The van der Waals surface area contributed by atoms with E-state index >= 15 is 4.39 Å². The monoisotopic (exact) mass is 547 g/mol. The summed E-state index contributed by atoms with van der Waals surface area (Å²) < 4.78 is 46.7. The van der Waals surface area contributed by atoms with Crippen molar-refractivity contribution in [1.29, 1.82) is 0 Å². The molecule has 10 heteroatoms. The number of halogens is 3. The summed E-state index contributed by atoms with van der Waals surface area (Å²) in [4.78, 5) is 19.0. The lowest BCUT2D eigenvalue weighted by atomic mass is 9.90. The fourth-order valence-corrected chi connectivity index (χ4v) is 4.03. The zero-order valence-corrected chi connectivity index (χ0v) is 22.4. The standard InChI is InChI=1S/C28H32ClF2N3O4/c1-4-36-26(37-5-2)17-34(16-24-22(30)13-14-25(29)33-24)27(35)28(3,32)21-12-11-20(15-23(21)31)38-18-19-9-7-6-8-10-19/h6-15,26H,4-5,16-18,32H2,1-3H3/t28-/m0/s1. The van der Waals surface area contributed by atoms with E-state index in [1.807, 2.05) is 30.3 Å². The normalized spacial score (nSPS) is 12.8. The zero-order valence-electron chi connectivity index (χ0n) is 21.6. The van der Waals surface area contributed by atoms with Crippen LogP contribution in [0.2, 0.25) is 5.15 Å². The molecule has 2 N–H and O–H groups in total. The highest BCUT2D eigenvalue weighted by atomic mass is 35.5. The molecule has 0 fully saturated rings. The van der Waals surface area contributed by atoms with Crippen molar-refractivity contribution < 1.29 is 27.8 Å². The molecule has 0 aliphatic heterocycles. The van der Waals surface area contributed by atoms with Gasteiger partial charge in [-0.05, 0) is 44.5 Å². The highest BCUT2D eigenvalue weighted by Crippen LogP contribution is 2.28. The average molecular weight is 548 g/mol. The minimum Gasteiger partial charge on any atom is -0.489 e. The van der Waals surface area contributed by atoms with Gasteiger partial charge in [0, 0.05) is 24.8 Å². The van der Waals surface area contributed by atoms with E-state index in [0.717, 1.165) is 11.6 Å². The Balaban J connectivity index is 1.87. The van der Waals surface area contributed by atoms with Crippen LogP contribution in [-0.2, 0) is 33.0 Å². The van der Waals surface area contributed by atoms with Crippen LogP contribution in [0.4, 0.5) is 8.78 Å². The molecule has 0 spiro atoms. The van der Waals surface area contributed by atoms with Gasteiger partial charge in [0.05, 0.1) is 18.8 Å². The van der Waals surface area contributed by atoms with Gasteiger partial charge in [-0.25, -0.2) is 13.8 Å². The van der Waals surface area contributed by atoms with Crippen molar-refractivity contribution >= 4 is 17.5 Å². The van der Waals surface area contributed by atoms with Gasteiger partial charge in [0.15, 0.2) is 6.29 Å². The van der Waals surface area contributed by atoms with Crippen LogP contribution in [0, 0.1) is 11.6 Å². The lowest BCUT2D eigenvalue weighted by molar-refractivity contribution is -0.163. The first-order valence-corrected chi connectivity index (χ1v) is 12.6. The number of carbonyl (C=O) groups excluding carboxylic acids is 1. The molecule has 1 amide bonds. The van der Waals surface area contributed by atoms with E-state index in [9.17, 15) is 9.18 Å². The summed E-state index contributed by atoms with van der Waals surface area (Å²) in [5.74, 6) is -1.76. The molecule has 3 aromatic rings. The van der Waals surface area contributed by atoms with Crippen LogP contribution >= 0.6 is 11.6 Å². The average Bonchev–Trinajstić information content (AvgIpc) is 2.89. The number of rotatable bonds is 13. The van der Waals surface area contributed by atoms with Crippen LogP contribution in [0.3, 0.4) is 0 Å². The lowest BCUT2D eigenvalue weighted by Gasteiger charge is -2.34. The molecule has 1 heterocycles. The Bertz CT molecular complexity index is 1210. The van der Waals surface area contributed by atoms with Gasteiger partial charge in [0.25, 0.3) is 0 Å². The molecule has 7 nitrogen and oxygen atoms in total. The van der Waals surface area contributed by atoms with Crippen molar-refractivity contribution in [2.45, 2.75) is 45.8 Å². The SMILES string of the molecule is CCOC(CN(Cc1nc(Cl)ccc1F)C(=O)[C@@](C)(N)c1ccc(OCc2ccccc2)cc1F)OCC. The van der Waals surface area contributed by atoms with Crippen molar-refractivity contribution in [3.8, 4) is 5.75 Å². The quantitative estimate of drug-likeness (QED) is 0.234. The summed E-state index contributed by atoms with van der Waals surface area (Å²) in [6.07, 6.45) is -0.814. The van der Waals surface area contributed by atoms with Gasteiger partial charge < -0.3 is 24.8 Å². The van der Waals surface area contributed by atoms with Gasteiger partial charge in [0.1, 0.15) is 34.7 Å². The second-order valence-corrected chi connectivity index (χ2v) is 9.09. The molecular weight excluding hydrogens is 516 g/mol. The first kappa shape index (κ1) is 29.4. The number of aromatic nitrogens is 1. The van der Waals surface area contributed by atoms with Gasteiger partial charge in [-0.15, -0.1) is 0 Å². The van der Waals surface area contributed by atoms with E-state index in [1.54, 1.807) is 19.9 Å². The number of ether oxygens (including phenoxy) is 3. The summed E-state index contributed by atoms with van der Waals surface area (Å²) in [7, 11) is 0. The fraction of sp³-hybridized carbons (Fsp3) is 0.357. The molecule has 0 bridgehead atoms. The highest BCUT2D eigenvalue weighted by molar-refractivity contribution is 6.29. The van der Waals surface area contributed by atoms with Crippen molar-refractivity contribution in [1.82, 2.24) is 9.88 Å². The number of amides is 1. The number of nitrogens with two attached hydrogens (primary N) is 1. The Morgan fingerprint density at radius 3 is 2.37 bits per heavy atom. The summed E-state index contributed by atoms with van der Waals surface area (Å²) in [5.41, 5.74) is 5.43. The third kappa shape index (κ3) is 7.70. The molecule has 0 aliphatic rings. The maximum atomic E-state index is 15.3. The predicted molar refractivity (Wildman–Crippen MR) is 140 cm³/mol. The lowest BCUT2D eigenvalue weighted by Crippen LogP contribution is -2.53. The predicted octanol–water partition coefficient (Wildman–Crippen LogP) is 5.19. The molecule has 2 aromatic carbocycles. The Morgan fingerprint density at radius 2 is 1.74 bits per heavy atom. The smallest absolute Gasteiger partial charge is 0.247 e. The molecule has 0 saturated heterocycles. The molecule has 3 rings (SSSR count). The number of benzene rings is 2. The van der Waals surface area contributed by atoms with Crippen LogP contribution in [0.25, 0.3) is 0 Å². The third-order valence-corrected chi connectivity index (χ3v) is 5.99. The van der Waals surface area contributed by atoms with E-state index in [4.69, 9.17) is 31.5 Å².